The maximum absolute atomic E-state index is 6.98. The maximum Gasteiger partial charge on any atom is 0.0470 e. The normalized spacial score (nSPS) is 17.9. The van der Waals surface area contributed by atoms with Crippen LogP contribution in [0.1, 0.15) is 137 Å². The van der Waals surface area contributed by atoms with Crippen molar-refractivity contribution in [2.45, 2.75) is 136 Å². The molecule has 0 saturated carbocycles. The molecule has 0 bridgehead atoms. The Labute approximate surface area is 383 Å². The first-order valence-corrected chi connectivity index (χ1v) is 23.5. The van der Waals surface area contributed by atoms with Crippen molar-refractivity contribution in [3.8, 4) is 12.3 Å². The second-order valence-electron chi connectivity index (χ2n) is 17.2. The van der Waals surface area contributed by atoms with Gasteiger partial charge >= 0.3 is 0 Å². The molecule has 3 aromatic rings. The van der Waals surface area contributed by atoms with Gasteiger partial charge in [-0.05, 0) is 153 Å². The number of likely N-dealkylation sites (N-methyl/N-ethyl adjacent to an activating group) is 2. The van der Waals surface area contributed by atoms with Gasteiger partial charge < -0.3 is 20.5 Å². The minimum atomic E-state index is 0.0884. The van der Waals surface area contributed by atoms with Gasteiger partial charge in [0.05, 0.1) is 0 Å². The highest BCUT2D eigenvalue weighted by Gasteiger charge is 2.28. The van der Waals surface area contributed by atoms with Crippen molar-refractivity contribution in [2.75, 3.05) is 14.1 Å². The van der Waals surface area contributed by atoms with Crippen molar-refractivity contribution in [1.82, 2.24) is 14.8 Å². The molecule has 4 rings (SSSR count). The van der Waals surface area contributed by atoms with Crippen molar-refractivity contribution >= 4 is 17.8 Å². The van der Waals surface area contributed by atoms with E-state index in [9.17, 15) is 0 Å². The third kappa shape index (κ3) is 14.6. The molecule has 0 amide bonds. The highest BCUT2D eigenvalue weighted by atomic mass is 15.1. The van der Waals surface area contributed by atoms with Gasteiger partial charge in [-0.3, -0.25) is 0 Å². The number of nitrogens with one attached hydrogen (secondary N) is 1. The Morgan fingerprint density at radius 1 is 0.984 bits per heavy atom. The Hall–Kier alpha value is -5.34. The van der Waals surface area contributed by atoms with Crippen LogP contribution in [0.2, 0.25) is 0 Å². The number of rotatable bonds is 24. The summed E-state index contributed by atoms with van der Waals surface area (Å²) in [6.45, 7) is 17.4. The quantitative estimate of drug-likeness (QED) is 0.0409. The molecule has 1 aliphatic rings. The highest BCUT2D eigenvalue weighted by molar-refractivity contribution is 5.75. The molecule has 0 spiro atoms. The molecule has 1 aromatic heterocycles. The first-order chi connectivity index (χ1) is 30.6. The molecule has 3 N–H and O–H groups in total. The van der Waals surface area contributed by atoms with E-state index in [1.165, 1.54) is 34.4 Å². The molecule has 5 atom stereocenters. The van der Waals surface area contributed by atoms with Crippen LogP contribution < -0.4 is 11.1 Å². The molecule has 1 heterocycles. The Kier molecular flexibility index (Phi) is 21.5. The zero-order chi connectivity index (χ0) is 45.6. The number of aromatic nitrogens is 1. The predicted molar refractivity (Wildman–Crippen MR) is 278 cm³/mol. The van der Waals surface area contributed by atoms with Crippen molar-refractivity contribution < 1.29 is 0 Å². The van der Waals surface area contributed by atoms with Crippen LogP contribution >= 0.6 is 0 Å². The lowest BCUT2D eigenvalue weighted by Crippen LogP contribution is -2.36. The fourth-order valence-electron chi connectivity index (χ4n) is 9.26. The monoisotopic (exact) mass is 843 g/mol. The lowest BCUT2D eigenvalue weighted by molar-refractivity contribution is 0.267. The minimum absolute atomic E-state index is 0.0884. The number of nitrogens with zero attached hydrogens (tertiary/aromatic N) is 2. The highest BCUT2D eigenvalue weighted by Crippen LogP contribution is 2.35. The van der Waals surface area contributed by atoms with Gasteiger partial charge in [-0.25, -0.2) is 0 Å². The standard InChI is InChI=1S/C59H78N4/c1-11-16-19-22-29-48(14-4)42-49-30-27-33-51(43-49)45(6)58(61-9)41-40-52(60)34-28-35-54(62(10)59-39-26-25-38-57(59)50-31-23-20-24-32-50)44-53(15-5)63-46(7)55(36-18-13-3)56(47(63)8)37-21-17-12-2/h3,11-12,14-18,20-21,23-25,27,30-33,35-38,43-45,52,57-59,61H,5,19,22,26,28-29,34,39-42,60H2,1-2,4,6-10H3/b16-11-,17-12-,36-18-,37-21-,48-14+,53-44+,54-35+. The molecule has 334 valence electrons. The molecule has 0 fully saturated rings. The number of unbranched alkanes of at least 4 members (excludes halogenated alkanes) is 1. The first-order valence-electron chi connectivity index (χ1n) is 23.5. The summed E-state index contributed by atoms with van der Waals surface area (Å²) >= 11 is 0. The summed E-state index contributed by atoms with van der Waals surface area (Å²) in [5, 5.41) is 3.66. The zero-order valence-corrected chi connectivity index (χ0v) is 40.0. The van der Waals surface area contributed by atoms with Crippen LogP contribution in [0, 0.1) is 26.2 Å². The molecule has 5 unspecified atom stereocenters. The third-order valence-electron chi connectivity index (χ3n) is 13.0. The third-order valence-corrected chi connectivity index (χ3v) is 13.0. The van der Waals surface area contributed by atoms with E-state index in [0.29, 0.717) is 18.0 Å². The molecule has 0 aliphatic heterocycles. The summed E-state index contributed by atoms with van der Waals surface area (Å²) in [6, 6.07) is 20.9. The van der Waals surface area contributed by atoms with Gasteiger partial charge in [0.2, 0.25) is 0 Å². The number of allylic oxidation sites excluding steroid dienone is 13. The molecule has 0 saturated heterocycles. The fraction of sp³-hybridized carbons (Fsp3) is 0.390. The summed E-state index contributed by atoms with van der Waals surface area (Å²) in [5.74, 6) is 3.35. The average molecular weight is 843 g/mol. The summed E-state index contributed by atoms with van der Waals surface area (Å²) < 4.78 is 2.32. The lowest BCUT2D eigenvalue weighted by atomic mass is 9.83. The fourth-order valence-corrected chi connectivity index (χ4v) is 9.26. The molecule has 2 aromatic carbocycles. The second-order valence-corrected chi connectivity index (χ2v) is 17.2. The van der Waals surface area contributed by atoms with Gasteiger partial charge in [-0.2, -0.15) is 0 Å². The van der Waals surface area contributed by atoms with Crippen molar-refractivity contribution in [1.29, 1.82) is 0 Å². The molecule has 4 nitrogen and oxygen atoms in total. The molecule has 4 heteroatoms. The molecule has 1 aliphatic carbocycles. The summed E-state index contributed by atoms with van der Waals surface area (Å²) in [5.41, 5.74) is 19.4. The van der Waals surface area contributed by atoms with Gasteiger partial charge in [-0.15, -0.1) is 6.42 Å². The van der Waals surface area contributed by atoms with E-state index in [-0.39, 0.29) is 12.0 Å². The predicted octanol–water partition coefficient (Wildman–Crippen LogP) is 14.2. The molecule has 0 radical (unpaired) electrons. The van der Waals surface area contributed by atoms with E-state index in [2.05, 4.69) is 191 Å². The van der Waals surface area contributed by atoms with E-state index in [4.69, 9.17) is 12.2 Å². The van der Waals surface area contributed by atoms with E-state index in [0.717, 1.165) is 86.0 Å². The van der Waals surface area contributed by atoms with Crippen LogP contribution in [0.3, 0.4) is 0 Å². The van der Waals surface area contributed by atoms with Crippen LogP contribution in [0.15, 0.2) is 145 Å². The number of hydrogen-bond acceptors (Lipinski definition) is 3. The van der Waals surface area contributed by atoms with Gasteiger partial charge in [0, 0.05) is 65.0 Å². The lowest BCUT2D eigenvalue weighted by Gasteiger charge is -2.38. The molecule has 63 heavy (non-hydrogen) atoms. The number of benzene rings is 2. The Morgan fingerprint density at radius 2 is 1.75 bits per heavy atom. The van der Waals surface area contributed by atoms with Crippen LogP contribution in [0.5, 0.6) is 0 Å². The Morgan fingerprint density at radius 3 is 2.43 bits per heavy atom. The zero-order valence-electron chi connectivity index (χ0n) is 40.0. The van der Waals surface area contributed by atoms with E-state index in [1.807, 2.05) is 25.2 Å². The van der Waals surface area contributed by atoms with Crippen LogP contribution in [-0.4, -0.2) is 41.7 Å². The summed E-state index contributed by atoms with van der Waals surface area (Å²) in [4.78, 5) is 2.51. The molecular weight excluding hydrogens is 765 g/mol. The smallest absolute Gasteiger partial charge is 0.0470 e. The van der Waals surface area contributed by atoms with Gasteiger partial charge in [0.15, 0.2) is 0 Å². The van der Waals surface area contributed by atoms with Crippen LogP contribution in [0.4, 0.5) is 0 Å². The van der Waals surface area contributed by atoms with E-state index >= 15 is 0 Å². The van der Waals surface area contributed by atoms with Gasteiger partial charge in [0.25, 0.3) is 0 Å². The van der Waals surface area contributed by atoms with Crippen molar-refractivity contribution in [2.24, 2.45) is 5.73 Å². The topological polar surface area (TPSA) is 46.2 Å². The van der Waals surface area contributed by atoms with E-state index < -0.39 is 0 Å². The second kappa shape index (κ2) is 27.0. The number of terminal acetylenes is 1. The van der Waals surface area contributed by atoms with Crippen LogP contribution in [0.25, 0.3) is 17.8 Å². The SMILES string of the molecule is C#C/C=C\c1c(/C=C\C=C/C)c(C)n(/C(C=C)=C/C(=C\CCC(N)CCC(NC)C(C)c2cccc(C/C(=C/C)CCC/C=C\C)c2)N(C)C2CCC=CC2c2ccccc2)c1C. The van der Waals surface area contributed by atoms with Crippen molar-refractivity contribution in [3.63, 3.8) is 0 Å². The number of hydrogen-bond donors (Lipinski definition) is 2. The molecular formula is C59H78N4. The number of nitrogens with two attached hydrogens (primary N) is 1. The van der Waals surface area contributed by atoms with Crippen molar-refractivity contribution in [3.05, 3.63) is 185 Å². The van der Waals surface area contributed by atoms with Crippen LogP contribution in [-0.2, 0) is 6.42 Å². The Bertz CT molecular complexity index is 2170. The first kappa shape index (κ1) is 50.3. The average Bonchev–Trinajstić information content (AvgIpc) is 3.54. The summed E-state index contributed by atoms with van der Waals surface area (Å²) in [7, 11) is 4.36. The summed E-state index contributed by atoms with van der Waals surface area (Å²) in [6.07, 6.45) is 46.5. The maximum atomic E-state index is 6.98. The minimum Gasteiger partial charge on any atom is -0.371 e. The Balaban J connectivity index is 1.58. The van der Waals surface area contributed by atoms with Gasteiger partial charge in [0.1, 0.15) is 0 Å². The largest absolute Gasteiger partial charge is 0.371 e. The van der Waals surface area contributed by atoms with E-state index in [1.54, 1.807) is 6.08 Å². The van der Waals surface area contributed by atoms with Gasteiger partial charge in [-0.1, -0.05) is 140 Å².